The molecule has 2 unspecified atom stereocenters. The van der Waals surface area contributed by atoms with Crippen LogP contribution in [-0.4, -0.2) is 12.5 Å². The van der Waals surface area contributed by atoms with Crippen molar-refractivity contribution in [1.29, 1.82) is 0 Å². The van der Waals surface area contributed by atoms with Crippen LogP contribution in [0.2, 0.25) is 0 Å². The van der Waals surface area contributed by atoms with Gasteiger partial charge in [-0.05, 0) is 30.2 Å². The minimum atomic E-state index is -0.314. The molecule has 122 valence electrons. The van der Waals surface area contributed by atoms with Crippen molar-refractivity contribution in [3.8, 4) is 5.75 Å². The Balaban J connectivity index is 1.92. The minimum Gasteiger partial charge on any atom is -0.494 e. The first-order valence-corrected chi connectivity index (χ1v) is 7.91. The van der Waals surface area contributed by atoms with Gasteiger partial charge in [-0.1, -0.05) is 49.4 Å². The summed E-state index contributed by atoms with van der Waals surface area (Å²) in [5.74, 6) is 0.462. The molecule has 0 spiro atoms. The van der Waals surface area contributed by atoms with Gasteiger partial charge in [0.1, 0.15) is 5.75 Å². The monoisotopic (exact) mass is 312 g/mol. The molecule has 0 fully saturated rings. The summed E-state index contributed by atoms with van der Waals surface area (Å²) in [4.78, 5) is 12.3. The molecule has 0 aliphatic heterocycles. The van der Waals surface area contributed by atoms with E-state index in [1.165, 1.54) is 0 Å². The summed E-state index contributed by atoms with van der Waals surface area (Å²) >= 11 is 0. The summed E-state index contributed by atoms with van der Waals surface area (Å²) < 4.78 is 5.46. The Labute approximate surface area is 137 Å². The highest BCUT2D eigenvalue weighted by Gasteiger charge is 2.21. The predicted octanol–water partition coefficient (Wildman–Crippen LogP) is 3.04. The number of nitrogens with one attached hydrogen (secondary N) is 1. The maximum atomic E-state index is 12.3. The highest BCUT2D eigenvalue weighted by molar-refractivity contribution is 5.79. The molecule has 4 nitrogen and oxygen atoms in total. The maximum Gasteiger partial charge on any atom is 0.225 e. The van der Waals surface area contributed by atoms with Crippen LogP contribution in [0.5, 0.6) is 5.75 Å². The van der Waals surface area contributed by atoms with Crippen LogP contribution < -0.4 is 15.8 Å². The molecule has 0 bridgehead atoms. The lowest BCUT2D eigenvalue weighted by molar-refractivity contribution is -0.125. The molecule has 0 saturated carbocycles. The molecule has 2 aromatic carbocycles. The van der Waals surface area contributed by atoms with Crippen molar-refractivity contribution in [2.24, 2.45) is 11.7 Å². The third-order valence-corrected chi connectivity index (χ3v) is 3.81. The Hall–Kier alpha value is -2.33. The fraction of sp³-hybridized carbons (Fsp3) is 0.316. The highest BCUT2D eigenvalue weighted by Crippen LogP contribution is 2.19. The maximum absolute atomic E-state index is 12.3. The number of hydrogen-bond donors (Lipinski definition) is 2. The number of amides is 1. The van der Waals surface area contributed by atoms with Crippen molar-refractivity contribution in [3.63, 3.8) is 0 Å². The van der Waals surface area contributed by atoms with Crippen LogP contribution in [0.1, 0.15) is 31.0 Å². The molecule has 0 saturated heterocycles. The number of carbonyl (C=O) groups is 1. The Morgan fingerprint density at radius 2 is 1.91 bits per heavy atom. The first-order chi connectivity index (χ1) is 11.1. The van der Waals surface area contributed by atoms with Crippen LogP contribution in [-0.2, 0) is 11.3 Å². The SMILES string of the molecule is CCOc1cccc(CNC(=O)C(C)C(N)c2ccccc2)c1. The van der Waals surface area contributed by atoms with Crippen molar-refractivity contribution in [3.05, 3.63) is 65.7 Å². The quantitative estimate of drug-likeness (QED) is 0.826. The van der Waals surface area contributed by atoms with Crippen LogP contribution in [0, 0.1) is 5.92 Å². The van der Waals surface area contributed by atoms with E-state index in [1.54, 1.807) is 0 Å². The van der Waals surface area contributed by atoms with E-state index in [0.29, 0.717) is 13.2 Å². The van der Waals surface area contributed by atoms with E-state index in [2.05, 4.69) is 5.32 Å². The third kappa shape index (κ3) is 4.83. The van der Waals surface area contributed by atoms with Gasteiger partial charge in [-0.25, -0.2) is 0 Å². The van der Waals surface area contributed by atoms with Gasteiger partial charge < -0.3 is 15.8 Å². The number of ether oxygens (including phenoxy) is 1. The van der Waals surface area contributed by atoms with Gasteiger partial charge in [0.2, 0.25) is 5.91 Å². The van der Waals surface area contributed by atoms with Gasteiger partial charge in [0.25, 0.3) is 0 Å². The summed E-state index contributed by atoms with van der Waals surface area (Å²) in [6, 6.07) is 17.1. The van der Waals surface area contributed by atoms with Crippen molar-refractivity contribution in [2.75, 3.05) is 6.61 Å². The van der Waals surface area contributed by atoms with E-state index >= 15 is 0 Å². The van der Waals surface area contributed by atoms with E-state index in [9.17, 15) is 4.79 Å². The Morgan fingerprint density at radius 1 is 1.17 bits per heavy atom. The van der Waals surface area contributed by atoms with E-state index < -0.39 is 0 Å². The number of benzene rings is 2. The molecule has 3 N–H and O–H groups in total. The smallest absolute Gasteiger partial charge is 0.225 e. The lowest BCUT2D eigenvalue weighted by atomic mass is 9.94. The molecule has 4 heteroatoms. The standard InChI is InChI=1S/C19H24N2O2/c1-3-23-17-11-7-8-15(12-17)13-21-19(22)14(2)18(20)16-9-5-4-6-10-16/h4-12,14,18H,3,13,20H2,1-2H3,(H,21,22). The largest absolute Gasteiger partial charge is 0.494 e. The molecule has 1 amide bonds. The lowest BCUT2D eigenvalue weighted by Crippen LogP contribution is -2.35. The van der Waals surface area contributed by atoms with Crippen LogP contribution >= 0.6 is 0 Å². The average molecular weight is 312 g/mol. The molecule has 0 aromatic heterocycles. The summed E-state index contributed by atoms with van der Waals surface area (Å²) in [5.41, 5.74) is 8.16. The van der Waals surface area contributed by atoms with E-state index in [1.807, 2.05) is 68.4 Å². The van der Waals surface area contributed by atoms with Crippen molar-refractivity contribution in [1.82, 2.24) is 5.32 Å². The van der Waals surface area contributed by atoms with Gasteiger partial charge in [0.15, 0.2) is 0 Å². The Bertz CT molecular complexity index is 628. The van der Waals surface area contributed by atoms with Crippen molar-refractivity contribution >= 4 is 5.91 Å². The highest BCUT2D eigenvalue weighted by atomic mass is 16.5. The van der Waals surface area contributed by atoms with E-state index in [0.717, 1.165) is 16.9 Å². The van der Waals surface area contributed by atoms with Gasteiger partial charge in [0.05, 0.1) is 12.5 Å². The molecule has 0 radical (unpaired) electrons. The molecule has 2 atom stereocenters. The van der Waals surface area contributed by atoms with Crippen LogP contribution in [0.15, 0.2) is 54.6 Å². The van der Waals surface area contributed by atoms with Gasteiger partial charge in [0, 0.05) is 12.6 Å². The van der Waals surface area contributed by atoms with Gasteiger partial charge >= 0.3 is 0 Å². The molecule has 0 aliphatic rings. The summed E-state index contributed by atoms with van der Waals surface area (Å²) in [5, 5.41) is 2.94. The molecular weight excluding hydrogens is 288 g/mol. The molecule has 0 heterocycles. The second-order valence-electron chi connectivity index (χ2n) is 5.52. The van der Waals surface area contributed by atoms with Crippen LogP contribution in [0.25, 0.3) is 0 Å². The zero-order chi connectivity index (χ0) is 16.7. The summed E-state index contributed by atoms with van der Waals surface area (Å²) in [7, 11) is 0. The second-order valence-corrected chi connectivity index (χ2v) is 5.52. The van der Waals surface area contributed by atoms with Crippen LogP contribution in [0.4, 0.5) is 0 Å². The normalized spacial score (nSPS) is 13.2. The molecule has 2 aromatic rings. The number of rotatable bonds is 7. The number of carbonyl (C=O) groups excluding carboxylic acids is 1. The molecule has 2 rings (SSSR count). The topological polar surface area (TPSA) is 64.3 Å². The minimum absolute atomic E-state index is 0.0526. The second kappa shape index (κ2) is 8.34. The van der Waals surface area contributed by atoms with Crippen molar-refractivity contribution in [2.45, 2.75) is 26.4 Å². The van der Waals surface area contributed by atoms with E-state index in [-0.39, 0.29) is 17.9 Å². The fourth-order valence-electron chi connectivity index (χ4n) is 2.39. The fourth-order valence-corrected chi connectivity index (χ4v) is 2.39. The summed E-state index contributed by atoms with van der Waals surface area (Å²) in [6.07, 6.45) is 0. The summed E-state index contributed by atoms with van der Waals surface area (Å²) in [6.45, 7) is 4.88. The first kappa shape index (κ1) is 17.0. The molecule has 0 aliphatic carbocycles. The van der Waals surface area contributed by atoms with Gasteiger partial charge in [-0.2, -0.15) is 0 Å². The Morgan fingerprint density at radius 3 is 2.61 bits per heavy atom. The van der Waals surface area contributed by atoms with Gasteiger partial charge in [-0.3, -0.25) is 4.79 Å². The van der Waals surface area contributed by atoms with E-state index in [4.69, 9.17) is 10.5 Å². The zero-order valence-electron chi connectivity index (χ0n) is 13.7. The zero-order valence-corrected chi connectivity index (χ0v) is 13.7. The number of hydrogen-bond acceptors (Lipinski definition) is 3. The Kier molecular flexibility index (Phi) is 6.18. The van der Waals surface area contributed by atoms with Crippen LogP contribution in [0.3, 0.4) is 0 Å². The average Bonchev–Trinajstić information content (AvgIpc) is 2.60. The van der Waals surface area contributed by atoms with Gasteiger partial charge in [-0.15, -0.1) is 0 Å². The molecular formula is C19H24N2O2. The van der Waals surface area contributed by atoms with Crippen molar-refractivity contribution < 1.29 is 9.53 Å². The molecule has 23 heavy (non-hydrogen) atoms. The number of nitrogens with two attached hydrogens (primary N) is 1. The first-order valence-electron chi connectivity index (χ1n) is 7.91. The predicted molar refractivity (Wildman–Crippen MR) is 92.0 cm³/mol. The third-order valence-electron chi connectivity index (χ3n) is 3.81. The lowest BCUT2D eigenvalue weighted by Gasteiger charge is -2.20.